The Hall–Kier alpha value is -0.785. The molecule has 4 aromatic carbocycles. The number of rotatable bonds is 10. The van der Waals surface area contributed by atoms with E-state index in [4.69, 9.17) is 0 Å². The summed E-state index contributed by atoms with van der Waals surface area (Å²) in [7, 11) is 0. The zero-order chi connectivity index (χ0) is 21.1. The minimum absolute atomic E-state index is 0.641. The van der Waals surface area contributed by atoms with Crippen LogP contribution in [0.3, 0.4) is 0 Å². The van der Waals surface area contributed by atoms with Crippen LogP contribution in [0.15, 0.2) is 141 Å². The average Bonchev–Trinajstić information content (AvgIpc) is 2.82. The van der Waals surface area contributed by atoms with Gasteiger partial charge in [-0.15, -0.1) is 0 Å². The molecule has 0 fully saturated rings. The van der Waals surface area contributed by atoms with E-state index in [0.717, 1.165) is 0 Å². The molecule has 0 atom stereocenters. The predicted molar refractivity (Wildman–Crippen MR) is 137 cm³/mol. The second kappa shape index (κ2) is 13.1. The van der Waals surface area contributed by atoms with Gasteiger partial charge in [0.05, 0.1) is 0 Å². The van der Waals surface area contributed by atoms with E-state index in [1.807, 2.05) is 0 Å². The van der Waals surface area contributed by atoms with E-state index >= 15 is 0 Å². The fourth-order valence-electron chi connectivity index (χ4n) is 3.00. The zero-order valence-electron chi connectivity index (χ0n) is 17.0. The molecule has 0 radical (unpaired) electrons. The first-order valence-corrected chi connectivity index (χ1v) is 20.1. The number of benzene rings is 4. The minimum atomic E-state index is -1.42. The molecule has 0 unspecified atom stereocenters. The first-order chi connectivity index (χ1) is 15.3. The van der Waals surface area contributed by atoms with Gasteiger partial charge in [-0.25, -0.2) is 0 Å². The zero-order valence-corrected chi connectivity index (χ0v) is 25.8. The van der Waals surface area contributed by atoms with Crippen molar-refractivity contribution >= 4 is 47.0 Å². The summed E-state index contributed by atoms with van der Waals surface area (Å²) in [5, 5.41) is 0. The Balaban J connectivity index is 1.55. The number of hydrogen-bond acceptors (Lipinski definition) is 4. The Kier molecular flexibility index (Phi) is 9.84. The molecule has 0 nitrogen and oxygen atoms in total. The fraction of sp³-hybridized carbons (Fsp3) is 0.0769. The maximum absolute atomic E-state index is 2.25. The molecule has 0 N–H and O–H groups in total. The second-order valence-electron chi connectivity index (χ2n) is 6.82. The van der Waals surface area contributed by atoms with E-state index in [0.29, 0.717) is 4.18 Å². The monoisotopic (exact) mass is 664 g/mol. The van der Waals surface area contributed by atoms with E-state index in [1.54, 1.807) is 0 Å². The van der Waals surface area contributed by atoms with Crippen LogP contribution >= 0.6 is 47.0 Å². The second-order valence-corrected chi connectivity index (χ2v) is 29.9. The molecule has 0 heterocycles. The third-order valence-electron chi connectivity index (χ3n) is 4.43. The van der Waals surface area contributed by atoms with Crippen LogP contribution in [0.4, 0.5) is 0 Å². The third kappa shape index (κ3) is 8.25. The van der Waals surface area contributed by atoms with Crippen LogP contribution in [0.5, 0.6) is 0 Å². The van der Waals surface area contributed by atoms with Crippen LogP contribution in [0.1, 0.15) is 0 Å². The van der Waals surface area contributed by atoms with E-state index < -0.39 is 24.6 Å². The molecular formula is C26H22HgS4. The van der Waals surface area contributed by atoms with Gasteiger partial charge in [-0.2, -0.15) is 0 Å². The van der Waals surface area contributed by atoms with E-state index in [9.17, 15) is 0 Å². The Morgan fingerprint density at radius 2 is 0.581 bits per heavy atom. The fourth-order valence-corrected chi connectivity index (χ4v) is 33.3. The van der Waals surface area contributed by atoms with Gasteiger partial charge in [-0.1, -0.05) is 0 Å². The molecule has 0 saturated heterocycles. The van der Waals surface area contributed by atoms with Gasteiger partial charge in [0.1, 0.15) is 0 Å². The summed E-state index contributed by atoms with van der Waals surface area (Å²) in [6.45, 7) is 0. The molecule has 0 spiro atoms. The van der Waals surface area contributed by atoms with Crippen molar-refractivity contribution in [1.82, 2.24) is 0 Å². The molecule has 4 aromatic rings. The van der Waals surface area contributed by atoms with Gasteiger partial charge in [0.15, 0.2) is 0 Å². The Labute approximate surface area is 214 Å². The van der Waals surface area contributed by atoms with Gasteiger partial charge in [-0.3, -0.25) is 0 Å². The number of thioether (sulfide) groups is 4. The van der Waals surface area contributed by atoms with Crippen molar-refractivity contribution in [2.45, 2.75) is 23.8 Å². The maximum atomic E-state index is 2.25. The van der Waals surface area contributed by atoms with E-state index in [-0.39, 0.29) is 0 Å². The Morgan fingerprint density at radius 1 is 0.355 bits per heavy atom. The molecule has 0 saturated carbocycles. The molecular weight excluding hydrogens is 641 g/mol. The van der Waals surface area contributed by atoms with Gasteiger partial charge in [0, 0.05) is 0 Å². The summed E-state index contributed by atoms with van der Waals surface area (Å²) in [5.74, 6) is 0. The van der Waals surface area contributed by atoms with Crippen molar-refractivity contribution in [2.24, 2.45) is 0 Å². The SMILES string of the molecule is c1ccc(S[CH](Sc2ccccc2)[Hg][CH](Sc2ccccc2)Sc2ccccc2)cc1. The Morgan fingerprint density at radius 3 is 0.806 bits per heavy atom. The standard InChI is InChI=1S/2C13H11S2.Hg/c2*1-3-7-12(8-4-1)14-11-15-13-9-5-2-6-10-13;/h2*1-11H;. The summed E-state index contributed by atoms with van der Waals surface area (Å²) in [4.78, 5) is 5.52. The molecule has 0 bridgehead atoms. The van der Waals surface area contributed by atoms with E-state index in [2.05, 4.69) is 168 Å². The summed E-state index contributed by atoms with van der Waals surface area (Å²) >= 11 is 6.85. The van der Waals surface area contributed by atoms with Crippen LogP contribution in [0, 0.1) is 0 Å². The van der Waals surface area contributed by atoms with Gasteiger partial charge < -0.3 is 0 Å². The van der Waals surface area contributed by atoms with Crippen LogP contribution < -0.4 is 0 Å². The van der Waals surface area contributed by atoms with Crippen molar-refractivity contribution in [1.29, 1.82) is 0 Å². The summed E-state index contributed by atoms with van der Waals surface area (Å²) in [6, 6.07) is 43.6. The van der Waals surface area contributed by atoms with Crippen molar-refractivity contribution in [3.8, 4) is 0 Å². The Bertz CT molecular complexity index is 846. The van der Waals surface area contributed by atoms with Crippen LogP contribution in [0.2, 0.25) is 0 Å². The first kappa shape index (κ1) is 23.4. The molecule has 4 rings (SSSR count). The topological polar surface area (TPSA) is 0 Å². The van der Waals surface area contributed by atoms with Gasteiger partial charge in [0.2, 0.25) is 0 Å². The molecule has 0 aliphatic heterocycles. The van der Waals surface area contributed by atoms with Crippen molar-refractivity contribution in [3.63, 3.8) is 0 Å². The summed E-state index contributed by atoms with van der Waals surface area (Å²) in [6.07, 6.45) is 0. The van der Waals surface area contributed by atoms with Gasteiger partial charge in [-0.05, 0) is 0 Å². The molecule has 0 aliphatic rings. The normalized spacial score (nSPS) is 10.9. The molecule has 0 aliphatic carbocycles. The van der Waals surface area contributed by atoms with E-state index in [1.165, 1.54) is 19.6 Å². The molecule has 0 aromatic heterocycles. The molecule has 152 valence electrons. The molecule has 31 heavy (non-hydrogen) atoms. The number of hydrogen-bond donors (Lipinski definition) is 0. The van der Waals surface area contributed by atoms with Crippen LogP contribution in [-0.4, -0.2) is 4.18 Å². The van der Waals surface area contributed by atoms with Crippen molar-refractivity contribution in [2.75, 3.05) is 0 Å². The van der Waals surface area contributed by atoms with Crippen molar-refractivity contribution in [3.05, 3.63) is 121 Å². The summed E-state index contributed by atoms with van der Waals surface area (Å²) in [5.41, 5.74) is 0. The quantitative estimate of drug-likeness (QED) is 0.0945. The van der Waals surface area contributed by atoms with Gasteiger partial charge in [0.25, 0.3) is 0 Å². The summed E-state index contributed by atoms with van der Waals surface area (Å²) < 4.78 is 1.28. The van der Waals surface area contributed by atoms with Crippen molar-refractivity contribution < 1.29 is 24.6 Å². The first-order valence-electron chi connectivity index (χ1n) is 10.2. The van der Waals surface area contributed by atoms with Gasteiger partial charge >= 0.3 is 217 Å². The molecule has 5 heteroatoms. The predicted octanol–water partition coefficient (Wildman–Crippen LogP) is 8.81. The third-order valence-corrected chi connectivity index (χ3v) is 26.3. The average molecular weight is 663 g/mol. The van der Waals surface area contributed by atoms with Crippen LogP contribution in [0.25, 0.3) is 0 Å². The van der Waals surface area contributed by atoms with Crippen LogP contribution in [-0.2, 0) is 24.6 Å². The molecule has 0 amide bonds.